The number of hydrogen-bond donors (Lipinski definition) is 2. The molecule has 0 amide bonds. The van der Waals surface area contributed by atoms with Crippen molar-refractivity contribution in [3.8, 4) is 0 Å². The van der Waals surface area contributed by atoms with E-state index in [0.29, 0.717) is 26.0 Å². The predicted molar refractivity (Wildman–Crippen MR) is 73.8 cm³/mol. The summed E-state index contributed by atoms with van der Waals surface area (Å²) in [5.41, 5.74) is -0.618. The van der Waals surface area contributed by atoms with Gasteiger partial charge in [-0.3, -0.25) is 4.79 Å². The van der Waals surface area contributed by atoms with E-state index in [-0.39, 0.29) is 11.9 Å². The summed E-state index contributed by atoms with van der Waals surface area (Å²) in [5, 5.41) is 13.9. The van der Waals surface area contributed by atoms with Crippen LogP contribution in [0.15, 0.2) is 0 Å². The quantitative estimate of drug-likeness (QED) is 0.723. The molecule has 0 aromatic rings. The van der Waals surface area contributed by atoms with Crippen LogP contribution in [-0.2, 0) is 9.53 Å². The van der Waals surface area contributed by atoms with Crippen molar-refractivity contribution < 1.29 is 14.6 Å². The fraction of sp³-hybridized carbons (Fsp3) is 0.933. The van der Waals surface area contributed by atoms with Gasteiger partial charge in [0.15, 0.2) is 0 Å². The number of ether oxygens (including phenoxy) is 1. The normalized spacial score (nSPS) is 31.8. The molecule has 2 aliphatic rings. The van der Waals surface area contributed by atoms with Crippen molar-refractivity contribution in [2.75, 3.05) is 19.7 Å². The number of aliphatic hydroxyl groups is 1. The summed E-state index contributed by atoms with van der Waals surface area (Å²) in [4.78, 5) is 11.6. The van der Waals surface area contributed by atoms with Crippen molar-refractivity contribution >= 4 is 5.97 Å². The summed E-state index contributed by atoms with van der Waals surface area (Å²) in [7, 11) is 0. The molecule has 0 atom stereocenters. The second-order valence-electron chi connectivity index (χ2n) is 6.18. The van der Waals surface area contributed by atoms with Crippen LogP contribution in [0.4, 0.5) is 0 Å². The third kappa shape index (κ3) is 4.18. The van der Waals surface area contributed by atoms with E-state index < -0.39 is 5.60 Å². The van der Waals surface area contributed by atoms with Crippen LogP contribution in [0.1, 0.15) is 51.9 Å². The SMILES string of the molecule is CCOC(=O)C1CCC(O)(CNCC2CCC2)CC1. The lowest BCUT2D eigenvalue weighted by atomic mass is 9.78. The van der Waals surface area contributed by atoms with Crippen LogP contribution in [0.5, 0.6) is 0 Å². The van der Waals surface area contributed by atoms with Gasteiger partial charge in [0.2, 0.25) is 0 Å². The van der Waals surface area contributed by atoms with Crippen molar-refractivity contribution in [3.63, 3.8) is 0 Å². The second-order valence-corrected chi connectivity index (χ2v) is 6.18. The molecule has 0 bridgehead atoms. The van der Waals surface area contributed by atoms with E-state index in [4.69, 9.17) is 4.74 Å². The van der Waals surface area contributed by atoms with E-state index in [1.165, 1.54) is 19.3 Å². The van der Waals surface area contributed by atoms with E-state index in [9.17, 15) is 9.90 Å². The highest BCUT2D eigenvalue weighted by Crippen LogP contribution is 2.32. The summed E-state index contributed by atoms with van der Waals surface area (Å²) in [6.07, 6.45) is 6.92. The molecule has 2 saturated carbocycles. The molecule has 2 aliphatic carbocycles. The predicted octanol–water partition coefficient (Wildman–Crippen LogP) is 1.86. The van der Waals surface area contributed by atoms with Crippen LogP contribution in [0.2, 0.25) is 0 Å². The van der Waals surface area contributed by atoms with Gasteiger partial charge in [-0.1, -0.05) is 6.42 Å². The van der Waals surface area contributed by atoms with E-state index in [1.54, 1.807) is 0 Å². The van der Waals surface area contributed by atoms with Crippen LogP contribution < -0.4 is 5.32 Å². The molecule has 19 heavy (non-hydrogen) atoms. The van der Waals surface area contributed by atoms with Crippen molar-refractivity contribution in [2.45, 2.75) is 57.5 Å². The first-order valence-electron chi connectivity index (χ1n) is 7.73. The van der Waals surface area contributed by atoms with E-state index >= 15 is 0 Å². The molecule has 0 aliphatic heterocycles. The second kappa shape index (κ2) is 6.71. The van der Waals surface area contributed by atoms with Crippen molar-refractivity contribution in [1.82, 2.24) is 5.32 Å². The molecule has 0 spiro atoms. The Morgan fingerprint density at radius 1 is 1.32 bits per heavy atom. The number of esters is 1. The number of hydrogen-bond acceptors (Lipinski definition) is 4. The Hall–Kier alpha value is -0.610. The van der Waals surface area contributed by atoms with Crippen LogP contribution in [0, 0.1) is 11.8 Å². The Kier molecular flexibility index (Phi) is 5.22. The van der Waals surface area contributed by atoms with Crippen LogP contribution in [0.3, 0.4) is 0 Å². The summed E-state index contributed by atoms with van der Waals surface area (Å²) in [6, 6.07) is 0. The number of carbonyl (C=O) groups is 1. The van der Waals surface area contributed by atoms with E-state index in [2.05, 4.69) is 5.32 Å². The largest absolute Gasteiger partial charge is 0.466 e. The topological polar surface area (TPSA) is 58.6 Å². The smallest absolute Gasteiger partial charge is 0.308 e. The lowest BCUT2D eigenvalue weighted by Gasteiger charge is -2.36. The monoisotopic (exact) mass is 269 g/mol. The Morgan fingerprint density at radius 3 is 2.53 bits per heavy atom. The lowest BCUT2D eigenvalue weighted by Crippen LogP contribution is -2.46. The Balaban J connectivity index is 1.66. The number of rotatable bonds is 6. The minimum atomic E-state index is -0.618. The van der Waals surface area contributed by atoms with Gasteiger partial charge in [-0.15, -0.1) is 0 Å². The van der Waals surface area contributed by atoms with Gasteiger partial charge in [0.05, 0.1) is 18.1 Å². The zero-order chi connectivity index (χ0) is 13.7. The van der Waals surface area contributed by atoms with Gasteiger partial charge < -0.3 is 15.2 Å². The van der Waals surface area contributed by atoms with Crippen LogP contribution in [0.25, 0.3) is 0 Å². The molecule has 0 heterocycles. The Bertz CT molecular complexity index is 294. The van der Waals surface area contributed by atoms with Gasteiger partial charge in [0, 0.05) is 6.54 Å². The maximum Gasteiger partial charge on any atom is 0.308 e. The maximum atomic E-state index is 11.6. The molecular weight excluding hydrogens is 242 g/mol. The summed E-state index contributed by atoms with van der Waals surface area (Å²) < 4.78 is 5.05. The minimum absolute atomic E-state index is 0.00754. The number of carbonyl (C=O) groups excluding carboxylic acids is 1. The first kappa shape index (κ1) is 14.8. The van der Waals surface area contributed by atoms with Gasteiger partial charge in [-0.05, 0) is 57.9 Å². The van der Waals surface area contributed by atoms with Gasteiger partial charge in [-0.2, -0.15) is 0 Å². The molecule has 4 heteroatoms. The summed E-state index contributed by atoms with van der Waals surface area (Å²) in [5.74, 6) is 0.721. The molecular formula is C15H27NO3. The molecule has 2 rings (SSSR count). The van der Waals surface area contributed by atoms with E-state index in [0.717, 1.165) is 25.3 Å². The molecule has 0 radical (unpaired) electrons. The molecule has 0 saturated heterocycles. The first-order chi connectivity index (χ1) is 9.13. The first-order valence-corrected chi connectivity index (χ1v) is 7.73. The minimum Gasteiger partial charge on any atom is -0.466 e. The molecule has 4 nitrogen and oxygen atoms in total. The highest BCUT2D eigenvalue weighted by molar-refractivity contribution is 5.72. The Labute approximate surface area is 115 Å². The third-order valence-electron chi connectivity index (χ3n) is 4.65. The summed E-state index contributed by atoms with van der Waals surface area (Å²) >= 11 is 0. The van der Waals surface area contributed by atoms with Crippen LogP contribution in [-0.4, -0.2) is 36.4 Å². The van der Waals surface area contributed by atoms with Gasteiger partial charge in [0.1, 0.15) is 0 Å². The van der Waals surface area contributed by atoms with Crippen molar-refractivity contribution in [2.24, 2.45) is 11.8 Å². The van der Waals surface area contributed by atoms with Gasteiger partial charge in [-0.25, -0.2) is 0 Å². The fourth-order valence-corrected chi connectivity index (χ4v) is 3.03. The molecule has 0 unspecified atom stereocenters. The zero-order valence-electron chi connectivity index (χ0n) is 12.0. The average molecular weight is 269 g/mol. The number of nitrogens with one attached hydrogen (secondary N) is 1. The van der Waals surface area contributed by atoms with Crippen molar-refractivity contribution in [1.29, 1.82) is 0 Å². The zero-order valence-corrected chi connectivity index (χ0v) is 12.0. The summed E-state index contributed by atoms with van der Waals surface area (Å²) in [6.45, 7) is 3.98. The molecule has 0 aromatic heterocycles. The van der Waals surface area contributed by atoms with Crippen molar-refractivity contribution in [3.05, 3.63) is 0 Å². The highest BCUT2D eigenvalue weighted by atomic mass is 16.5. The molecule has 110 valence electrons. The molecule has 0 aromatic carbocycles. The maximum absolute atomic E-state index is 11.6. The lowest BCUT2D eigenvalue weighted by molar-refractivity contribution is -0.151. The average Bonchev–Trinajstić information content (AvgIpc) is 2.33. The van der Waals surface area contributed by atoms with Crippen LogP contribution >= 0.6 is 0 Å². The fourth-order valence-electron chi connectivity index (χ4n) is 3.03. The third-order valence-corrected chi connectivity index (χ3v) is 4.65. The molecule has 2 N–H and O–H groups in total. The van der Waals surface area contributed by atoms with Gasteiger partial charge >= 0.3 is 5.97 Å². The standard InChI is InChI=1S/C15H27NO3/c1-2-19-14(17)13-6-8-15(18,9-7-13)11-16-10-12-4-3-5-12/h12-13,16,18H,2-11H2,1H3. The van der Waals surface area contributed by atoms with Gasteiger partial charge in [0.25, 0.3) is 0 Å². The Morgan fingerprint density at radius 2 is 2.00 bits per heavy atom. The molecule has 2 fully saturated rings. The van der Waals surface area contributed by atoms with E-state index in [1.807, 2.05) is 6.92 Å². The highest BCUT2D eigenvalue weighted by Gasteiger charge is 2.36.